The zero-order chi connectivity index (χ0) is 17.8. The quantitative estimate of drug-likeness (QED) is 0.684. The Kier molecular flexibility index (Phi) is 5.21. The highest BCUT2D eigenvalue weighted by Crippen LogP contribution is 2.17. The van der Waals surface area contributed by atoms with Crippen LogP contribution in [0, 0.1) is 0 Å². The Hall–Kier alpha value is -2.57. The fraction of sp³-hybridized carbons (Fsp3) is 0.500. The summed E-state index contributed by atoms with van der Waals surface area (Å²) in [5, 5.41) is 6.57. The summed E-state index contributed by atoms with van der Waals surface area (Å²) in [5.41, 5.74) is 1.43. The molecule has 3 aliphatic rings. The minimum Gasteiger partial charge on any atom is -0.369 e. The molecule has 25 heavy (non-hydrogen) atoms. The Balaban J connectivity index is 1.50. The van der Waals surface area contributed by atoms with Gasteiger partial charge < -0.3 is 20.4 Å². The molecule has 0 spiro atoms. The van der Waals surface area contributed by atoms with Crippen LogP contribution in [-0.2, 0) is 9.59 Å². The molecule has 3 heterocycles. The van der Waals surface area contributed by atoms with Gasteiger partial charge in [-0.1, -0.05) is 13.2 Å². The number of hydrogen-bond donors (Lipinski definition) is 2. The van der Waals surface area contributed by atoms with Gasteiger partial charge in [0.15, 0.2) is 0 Å². The zero-order valence-corrected chi connectivity index (χ0v) is 14.5. The molecule has 2 amide bonds. The van der Waals surface area contributed by atoms with Crippen molar-refractivity contribution >= 4 is 18.0 Å². The standard InChI is InChI=1S/C18H25N5O2/c1-3-17(24)22-9-5-14(6-10-22)20-13(2)21-16-12-19-11-15(16)18(25)23-7-4-8-23/h3,11,14,20-21H,1-2,4-10,12H2. The van der Waals surface area contributed by atoms with Crippen molar-refractivity contribution in [3.05, 3.63) is 36.3 Å². The van der Waals surface area contributed by atoms with Crippen LogP contribution in [0.4, 0.5) is 0 Å². The van der Waals surface area contributed by atoms with Crippen molar-refractivity contribution in [1.29, 1.82) is 0 Å². The van der Waals surface area contributed by atoms with E-state index in [0.29, 0.717) is 31.0 Å². The van der Waals surface area contributed by atoms with Crippen LogP contribution in [0.3, 0.4) is 0 Å². The second-order valence-corrected chi connectivity index (χ2v) is 6.56. The van der Waals surface area contributed by atoms with E-state index < -0.39 is 0 Å². The van der Waals surface area contributed by atoms with Crippen LogP contribution in [0.5, 0.6) is 0 Å². The zero-order valence-electron chi connectivity index (χ0n) is 14.5. The summed E-state index contributed by atoms with van der Waals surface area (Å²) < 4.78 is 0. The predicted octanol–water partition coefficient (Wildman–Crippen LogP) is 0.385. The minimum absolute atomic E-state index is 0.0159. The molecule has 7 nitrogen and oxygen atoms in total. The van der Waals surface area contributed by atoms with E-state index in [-0.39, 0.29) is 17.9 Å². The van der Waals surface area contributed by atoms with Gasteiger partial charge in [-0.15, -0.1) is 0 Å². The van der Waals surface area contributed by atoms with Gasteiger partial charge in [-0.05, 0) is 25.3 Å². The molecule has 0 aromatic heterocycles. The van der Waals surface area contributed by atoms with E-state index in [9.17, 15) is 9.59 Å². The molecule has 134 valence electrons. The molecule has 2 saturated heterocycles. The van der Waals surface area contributed by atoms with Gasteiger partial charge >= 0.3 is 0 Å². The monoisotopic (exact) mass is 343 g/mol. The Bertz CT molecular complexity index is 640. The van der Waals surface area contributed by atoms with Gasteiger partial charge in [0.1, 0.15) is 0 Å². The highest BCUT2D eigenvalue weighted by atomic mass is 16.2. The number of aliphatic imine (C=N–C) groups is 1. The first kappa shape index (κ1) is 17.3. The average Bonchev–Trinajstić information content (AvgIpc) is 3.01. The van der Waals surface area contributed by atoms with E-state index >= 15 is 0 Å². The van der Waals surface area contributed by atoms with Gasteiger partial charge in [0.05, 0.1) is 23.6 Å². The summed E-state index contributed by atoms with van der Waals surface area (Å²) in [6.07, 6.45) is 5.79. The van der Waals surface area contributed by atoms with E-state index in [1.54, 1.807) is 11.1 Å². The van der Waals surface area contributed by atoms with Crippen LogP contribution in [0.15, 0.2) is 41.3 Å². The lowest BCUT2D eigenvalue weighted by Crippen LogP contribution is -2.46. The molecule has 0 aliphatic carbocycles. The summed E-state index contributed by atoms with van der Waals surface area (Å²) >= 11 is 0. The Morgan fingerprint density at radius 3 is 2.52 bits per heavy atom. The highest BCUT2D eigenvalue weighted by molar-refractivity contribution is 6.14. The van der Waals surface area contributed by atoms with Gasteiger partial charge in [0.2, 0.25) is 5.91 Å². The van der Waals surface area contributed by atoms with Crippen LogP contribution in [0.2, 0.25) is 0 Å². The summed E-state index contributed by atoms with van der Waals surface area (Å²) in [6.45, 7) is 11.1. The number of likely N-dealkylation sites (tertiary alicyclic amines) is 2. The Morgan fingerprint density at radius 2 is 1.92 bits per heavy atom. The molecule has 2 N–H and O–H groups in total. The maximum Gasteiger partial charge on any atom is 0.257 e. The molecular formula is C18H25N5O2. The third-order valence-corrected chi connectivity index (χ3v) is 4.83. The van der Waals surface area contributed by atoms with Crippen LogP contribution in [0.1, 0.15) is 19.3 Å². The van der Waals surface area contributed by atoms with Crippen molar-refractivity contribution in [1.82, 2.24) is 20.4 Å². The fourth-order valence-electron chi connectivity index (χ4n) is 3.21. The lowest BCUT2D eigenvalue weighted by atomic mass is 10.1. The molecule has 0 unspecified atom stereocenters. The molecule has 3 rings (SSSR count). The topological polar surface area (TPSA) is 77.0 Å². The number of carbonyl (C=O) groups excluding carboxylic acids is 2. The van der Waals surface area contributed by atoms with E-state index in [4.69, 9.17) is 0 Å². The first-order valence-electron chi connectivity index (χ1n) is 8.74. The van der Waals surface area contributed by atoms with Crippen LogP contribution in [0.25, 0.3) is 0 Å². The number of nitrogens with zero attached hydrogens (tertiary/aromatic N) is 3. The molecule has 3 aliphatic heterocycles. The number of hydrogen-bond acceptors (Lipinski definition) is 5. The maximum atomic E-state index is 12.4. The first-order valence-corrected chi connectivity index (χ1v) is 8.74. The van der Waals surface area contributed by atoms with E-state index in [2.05, 4.69) is 28.8 Å². The summed E-state index contributed by atoms with van der Waals surface area (Å²) in [7, 11) is 0. The molecule has 2 fully saturated rings. The number of nitrogens with one attached hydrogen (secondary N) is 2. The van der Waals surface area contributed by atoms with E-state index in [1.807, 2.05) is 4.90 Å². The molecule has 0 radical (unpaired) electrons. The van der Waals surface area contributed by atoms with Crippen molar-refractivity contribution < 1.29 is 9.59 Å². The van der Waals surface area contributed by atoms with Gasteiger partial charge in [0, 0.05) is 38.4 Å². The molecule has 0 aromatic carbocycles. The Morgan fingerprint density at radius 1 is 1.20 bits per heavy atom. The minimum atomic E-state index is -0.0159. The van der Waals surface area contributed by atoms with Gasteiger partial charge in [-0.2, -0.15) is 0 Å². The summed E-state index contributed by atoms with van der Waals surface area (Å²) in [6, 6.07) is 0.256. The second-order valence-electron chi connectivity index (χ2n) is 6.56. The van der Waals surface area contributed by atoms with Crippen molar-refractivity contribution in [2.24, 2.45) is 4.99 Å². The first-order chi connectivity index (χ1) is 12.1. The second kappa shape index (κ2) is 7.55. The van der Waals surface area contributed by atoms with Gasteiger partial charge in [0.25, 0.3) is 5.91 Å². The smallest absolute Gasteiger partial charge is 0.257 e. The van der Waals surface area contributed by atoms with Crippen molar-refractivity contribution in [3.63, 3.8) is 0 Å². The molecular weight excluding hydrogens is 318 g/mol. The number of amides is 2. The number of piperidine rings is 1. The molecule has 0 aromatic rings. The van der Waals surface area contributed by atoms with Gasteiger partial charge in [-0.25, -0.2) is 0 Å². The SMILES string of the molecule is C=CC(=O)N1CCC(NC(=C)NC2=C(C(=O)N3CCC3)C=NC2)CC1. The largest absolute Gasteiger partial charge is 0.369 e. The molecule has 0 atom stereocenters. The molecule has 0 saturated carbocycles. The summed E-state index contributed by atoms with van der Waals surface area (Å²) in [5.74, 6) is 0.694. The lowest BCUT2D eigenvalue weighted by Gasteiger charge is -2.33. The number of rotatable bonds is 6. The Labute approximate surface area is 148 Å². The van der Waals surface area contributed by atoms with Crippen LogP contribution in [-0.4, -0.2) is 66.6 Å². The third-order valence-electron chi connectivity index (χ3n) is 4.83. The van der Waals surface area contributed by atoms with Gasteiger partial charge in [-0.3, -0.25) is 14.6 Å². The van der Waals surface area contributed by atoms with Crippen molar-refractivity contribution in [3.8, 4) is 0 Å². The number of carbonyl (C=O) groups is 2. The van der Waals surface area contributed by atoms with E-state index in [1.165, 1.54) is 6.08 Å². The van der Waals surface area contributed by atoms with Crippen LogP contribution < -0.4 is 10.6 Å². The average molecular weight is 343 g/mol. The normalized spacial score (nSPS) is 20.3. The summed E-state index contributed by atoms with van der Waals surface area (Å²) in [4.78, 5) is 31.8. The highest BCUT2D eigenvalue weighted by Gasteiger charge is 2.27. The maximum absolute atomic E-state index is 12.4. The van der Waals surface area contributed by atoms with Crippen LogP contribution >= 0.6 is 0 Å². The van der Waals surface area contributed by atoms with E-state index in [0.717, 1.165) is 38.0 Å². The predicted molar refractivity (Wildman–Crippen MR) is 96.8 cm³/mol. The molecule has 0 bridgehead atoms. The molecule has 7 heteroatoms. The van der Waals surface area contributed by atoms with Crippen molar-refractivity contribution in [2.75, 3.05) is 32.7 Å². The van der Waals surface area contributed by atoms with Crippen molar-refractivity contribution in [2.45, 2.75) is 25.3 Å². The lowest BCUT2D eigenvalue weighted by molar-refractivity contribution is -0.130. The third kappa shape index (κ3) is 3.92. The fourth-order valence-corrected chi connectivity index (χ4v) is 3.21.